The lowest BCUT2D eigenvalue weighted by molar-refractivity contribution is 0.183. The van der Waals surface area contributed by atoms with Crippen LogP contribution in [0.1, 0.15) is 18.4 Å². The van der Waals surface area contributed by atoms with E-state index in [2.05, 4.69) is 0 Å². The van der Waals surface area contributed by atoms with Crippen LogP contribution in [0.4, 0.5) is 4.39 Å². The molecule has 3 nitrogen and oxygen atoms in total. The molecule has 0 amide bonds. The number of hydrogen-bond donors (Lipinski definition) is 1. The third-order valence-corrected chi connectivity index (χ3v) is 2.45. The predicted octanol–water partition coefficient (Wildman–Crippen LogP) is 2.27. The Balaban J connectivity index is 2.46. The van der Waals surface area contributed by atoms with E-state index in [0.717, 1.165) is 12.8 Å². The highest BCUT2D eigenvalue weighted by Gasteiger charge is 2.05. The van der Waals surface area contributed by atoms with Crippen molar-refractivity contribution in [2.24, 2.45) is 5.73 Å². The zero-order valence-electron chi connectivity index (χ0n) is 9.74. The van der Waals surface area contributed by atoms with Crippen molar-refractivity contribution in [3.63, 3.8) is 0 Å². The Morgan fingerprint density at radius 3 is 2.65 bits per heavy atom. The molecule has 1 aromatic carbocycles. The van der Waals surface area contributed by atoms with Gasteiger partial charge in [-0.05, 0) is 31.0 Å². The molecule has 2 N–H and O–H groups in total. The SMILES string of the molecule is COCCCCOc1ccc(C(N)=S)cc1F. The zero-order chi connectivity index (χ0) is 12.7. The highest BCUT2D eigenvalue weighted by atomic mass is 32.1. The second kappa shape index (κ2) is 7.19. The maximum absolute atomic E-state index is 13.5. The molecule has 17 heavy (non-hydrogen) atoms. The minimum atomic E-state index is -0.443. The van der Waals surface area contributed by atoms with Crippen LogP contribution in [0.5, 0.6) is 5.75 Å². The van der Waals surface area contributed by atoms with Crippen molar-refractivity contribution in [3.8, 4) is 5.75 Å². The van der Waals surface area contributed by atoms with Crippen molar-refractivity contribution in [2.45, 2.75) is 12.8 Å². The molecule has 1 aromatic rings. The standard InChI is InChI=1S/C12H16FNO2S/c1-15-6-2-3-7-16-11-5-4-9(12(14)17)8-10(11)13/h4-5,8H,2-3,6-7H2,1H3,(H2,14,17). The molecule has 0 aromatic heterocycles. The fourth-order valence-electron chi connectivity index (χ4n) is 1.30. The molecule has 94 valence electrons. The quantitative estimate of drug-likeness (QED) is 0.601. The smallest absolute Gasteiger partial charge is 0.165 e. The fraction of sp³-hybridized carbons (Fsp3) is 0.417. The first kappa shape index (κ1) is 13.9. The van der Waals surface area contributed by atoms with Crippen LogP contribution in [-0.2, 0) is 4.74 Å². The Kier molecular flexibility index (Phi) is 5.86. The fourth-order valence-corrected chi connectivity index (χ4v) is 1.43. The number of ether oxygens (including phenoxy) is 2. The Morgan fingerprint density at radius 2 is 2.06 bits per heavy atom. The van der Waals surface area contributed by atoms with Crippen LogP contribution in [0.25, 0.3) is 0 Å². The molecule has 0 spiro atoms. The van der Waals surface area contributed by atoms with Gasteiger partial charge in [-0.25, -0.2) is 4.39 Å². The van der Waals surface area contributed by atoms with Crippen LogP contribution in [0.2, 0.25) is 0 Å². The summed E-state index contributed by atoms with van der Waals surface area (Å²) >= 11 is 4.76. The Labute approximate surface area is 106 Å². The van der Waals surface area contributed by atoms with Crippen LogP contribution >= 0.6 is 12.2 Å². The number of halogens is 1. The molecule has 0 heterocycles. The van der Waals surface area contributed by atoms with Crippen molar-refractivity contribution in [3.05, 3.63) is 29.6 Å². The van der Waals surface area contributed by atoms with Gasteiger partial charge in [-0.2, -0.15) is 0 Å². The number of unbranched alkanes of at least 4 members (excludes halogenated alkanes) is 1. The van der Waals surface area contributed by atoms with E-state index in [-0.39, 0.29) is 10.7 Å². The monoisotopic (exact) mass is 257 g/mol. The maximum Gasteiger partial charge on any atom is 0.165 e. The van der Waals surface area contributed by atoms with E-state index in [1.54, 1.807) is 19.2 Å². The number of thiocarbonyl (C=S) groups is 1. The highest BCUT2D eigenvalue weighted by Crippen LogP contribution is 2.18. The summed E-state index contributed by atoms with van der Waals surface area (Å²) in [5, 5.41) is 0. The number of rotatable bonds is 7. The molecule has 0 bridgehead atoms. The molecular weight excluding hydrogens is 241 g/mol. The van der Waals surface area contributed by atoms with Gasteiger partial charge in [-0.15, -0.1) is 0 Å². The van der Waals surface area contributed by atoms with Gasteiger partial charge < -0.3 is 15.2 Å². The molecule has 0 aliphatic carbocycles. The second-order valence-electron chi connectivity index (χ2n) is 3.56. The topological polar surface area (TPSA) is 44.5 Å². The molecule has 0 unspecified atom stereocenters. The Hall–Kier alpha value is -1.20. The van der Waals surface area contributed by atoms with Crippen LogP contribution < -0.4 is 10.5 Å². The van der Waals surface area contributed by atoms with Crippen LogP contribution in [-0.4, -0.2) is 25.3 Å². The van der Waals surface area contributed by atoms with E-state index < -0.39 is 5.82 Å². The van der Waals surface area contributed by atoms with E-state index >= 15 is 0 Å². The molecule has 0 fully saturated rings. The molecule has 0 radical (unpaired) electrons. The van der Waals surface area contributed by atoms with E-state index in [9.17, 15) is 4.39 Å². The Bertz CT molecular complexity index is 385. The van der Waals surface area contributed by atoms with Crippen LogP contribution in [0, 0.1) is 5.82 Å². The van der Waals surface area contributed by atoms with Crippen LogP contribution in [0.3, 0.4) is 0 Å². The van der Waals surface area contributed by atoms with Gasteiger partial charge in [0.05, 0.1) is 6.61 Å². The first-order valence-electron chi connectivity index (χ1n) is 5.36. The largest absolute Gasteiger partial charge is 0.491 e. The van der Waals surface area contributed by atoms with Gasteiger partial charge in [-0.3, -0.25) is 0 Å². The van der Waals surface area contributed by atoms with E-state index in [1.807, 2.05) is 0 Å². The lowest BCUT2D eigenvalue weighted by atomic mass is 10.2. The minimum absolute atomic E-state index is 0.176. The van der Waals surface area contributed by atoms with Crippen molar-refractivity contribution < 1.29 is 13.9 Å². The van der Waals surface area contributed by atoms with Gasteiger partial charge in [-0.1, -0.05) is 12.2 Å². The first-order valence-corrected chi connectivity index (χ1v) is 5.77. The lowest BCUT2D eigenvalue weighted by Gasteiger charge is -2.08. The number of methoxy groups -OCH3 is 1. The van der Waals surface area contributed by atoms with Gasteiger partial charge in [0.25, 0.3) is 0 Å². The summed E-state index contributed by atoms with van der Waals surface area (Å²) in [6.45, 7) is 1.15. The van der Waals surface area contributed by atoms with Crippen LogP contribution in [0.15, 0.2) is 18.2 Å². The maximum atomic E-state index is 13.5. The molecule has 0 aliphatic heterocycles. The van der Waals surface area contributed by atoms with Gasteiger partial charge in [0, 0.05) is 19.3 Å². The molecule has 0 aliphatic rings. The Morgan fingerprint density at radius 1 is 1.35 bits per heavy atom. The molecule has 0 saturated carbocycles. The molecule has 0 saturated heterocycles. The van der Waals surface area contributed by atoms with Crippen molar-refractivity contribution in [1.29, 1.82) is 0 Å². The molecule has 1 rings (SSSR count). The molecule has 0 atom stereocenters. The normalized spacial score (nSPS) is 10.2. The first-order chi connectivity index (χ1) is 8.15. The third-order valence-electron chi connectivity index (χ3n) is 2.22. The van der Waals surface area contributed by atoms with Gasteiger partial charge >= 0.3 is 0 Å². The summed E-state index contributed by atoms with van der Waals surface area (Å²) in [6.07, 6.45) is 1.72. The number of hydrogen-bond acceptors (Lipinski definition) is 3. The van der Waals surface area contributed by atoms with Gasteiger partial charge in [0.15, 0.2) is 11.6 Å². The number of benzene rings is 1. The highest BCUT2D eigenvalue weighted by molar-refractivity contribution is 7.80. The average molecular weight is 257 g/mol. The molecule has 5 heteroatoms. The summed E-state index contributed by atoms with van der Waals surface area (Å²) in [5.41, 5.74) is 5.90. The third kappa shape index (κ3) is 4.66. The predicted molar refractivity (Wildman–Crippen MR) is 68.9 cm³/mol. The van der Waals surface area contributed by atoms with E-state index in [0.29, 0.717) is 18.8 Å². The summed E-state index contributed by atoms with van der Waals surface area (Å²) < 4.78 is 23.7. The van der Waals surface area contributed by atoms with Crippen molar-refractivity contribution in [1.82, 2.24) is 0 Å². The van der Waals surface area contributed by atoms with Crippen molar-refractivity contribution in [2.75, 3.05) is 20.3 Å². The van der Waals surface area contributed by atoms with E-state index in [1.165, 1.54) is 6.07 Å². The van der Waals surface area contributed by atoms with E-state index in [4.69, 9.17) is 27.4 Å². The molecular formula is C12H16FNO2S. The lowest BCUT2D eigenvalue weighted by Crippen LogP contribution is -2.10. The zero-order valence-corrected chi connectivity index (χ0v) is 10.6. The summed E-state index contributed by atoms with van der Waals surface area (Å²) in [4.78, 5) is 0.176. The summed E-state index contributed by atoms with van der Waals surface area (Å²) in [5.74, 6) is -0.218. The second-order valence-corrected chi connectivity index (χ2v) is 4.00. The van der Waals surface area contributed by atoms with Gasteiger partial charge in [0.1, 0.15) is 4.99 Å². The average Bonchev–Trinajstić information content (AvgIpc) is 2.30. The number of nitrogens with two attached hydrogens (primary N) is 1. The summed E-state index contributed by atoms with van der Waals surface area (Å²) in [6, 6.07) is 4.48. The summed E-state index contributed by atoms with van der Waals surface area (Å²) in [7, 11) is 1.65. The van der Waals surface area contributed by atoms with Gasteiger partial charge in [0.2, 0.25) is 0 Å². The van der Waals surface area contributed by atoms with Crippen molar-refractivity contribution >= 4 is 17.2 Å². The minimum Gasteiger partial charge on any atom is -0.491 e.